The lowest BCUT2D eigenvalue weighted by Crippen LogP contribution is -2.58. The van der Waals surface area contributed by atoms with Crippen LogP contribution in [0.3, 0.4) is 0 Å². The maximum atomic E-state index is 6.18. The van der Waals surface area contributed by atoms with Crippen LogP contribution >= 0.6 is 0 Å². The number of hydrogen-bond donors (Lipinski definition) is 1. The van der Waals surface area contributed by atoms with Crippen LogP contribution in [0.4, 0.5) is 5.69 Å². The van der Waals surface area contributed by atoms with Gasteiger partial charge in [-0.25, -0.2) is 0 Å². The molecule has 1 saturated heterocycles. The second kappa shape index (κ2) is 5.62. The number of nitrogens with two attached hydrogens (primary N) is 1. The summed E-state index contributed by atoms with van der Waals surface area (Å²) >= 11 is 0. The van der Waals surface area contributed by atoms with Gasteiger partial charge in [-0.1, -0.05) is 6.07 Å². The van der Waals surface area contributed by atoms with Gasteiger partial charge in [0.1, 0.15) is 5.75 Å². The summed E-state index contributed by atoms with van der Waals surface area (Å²) in [6.07, 6.45) is 0. The van der Waals surface area contributed by atoms with Gasteiger partial charge in [0, 0.05) is 42.5 Å². The van der Waals surface area contributed by atoms with Crippen molar-refractivity contribution in [2.24, 2.45) is 5.73 Å². The van der Waals surface area contributed by atoms with Crippen LogP contribution in [0, 0.1) is 0 Å². The van der Waals surface area contributed by atoms with E-state index in [9.17, 15) is 0 Å². The van der Waals surface area contributed by atoms with Gasteiger partial charge in [-0.2, -0.15) is 0 Å². The van der Waals surface area contributed by atoms with Crippen LogP contribution in [0.1, 0.15) is 32.4 Å². The highest BCUT2D eigenvalue weighted by Gasteiger charge is 2.32. The fourth-order valence-corrected chi connectivity index (χ4v) is 2.89. The van der Waals surface area contributed by atoms with E-state index in [4.69, 9.17) is 10.5 Å². The quantitative estimate of drug-likeness (QED) is 0.920. The number of rotatable bonds is 3. The third kappa shape index (κ3) is 2.76. The molecule has 0 aromatic heterocycles. The minimum Gasteiger partial charge on any atom is -0.496 e. The molecule has 0 amide bonds. The highest BCUT2D eigenvalue weighted by atomic mass is 16.5. The molecule has 20 heavy (non-hydrogen) atoms. The average Bonchev–Trinajstić information content (AvgIpc) is 2.40. The van der Waals surface area contributed by atoms with Gasteiger partial charge in [0.05, 0.1) is 7.11 Å². The van der Waals surface area contributed by atoms with Crippen molar-refractivity contribution in [2.75, 3.05) is 38.7 Å². The molecule has 0 saturated carbocycles. The molecule has 4 heteroatoms. The fourth-order valence-electron chi connectivity index (χ4n) is 2.89. The number of methoxy groups -OCH3 is 1. The van der Waals surface area contributed by atoms with Gasteiger partial charge in [0.2, 0.25) is 0 Å². The van der Waals surface area contributed by atoms with Crippen molar-refractivity contribution >= 4 is 5.69 Å². The topological polar surface area (TPSA) is 41.7 Å². The number of ether oxygens (including phenoxy) is 1. The molecule has 1 atom stereocenters. The summed E-state index contributed by atoms with van der Waals surface area (Å²) in [4.78, 5) is 4.84. The van der Waals surface area contributed by atoms with Gasteiger partial charge in [0.15, 0.2) is 0 Å². The van der Waals surface area contributed by atoms with Crippen LogP contribution in [0.15, 0.2) is 18.2 Å². The smallest absolute Gasteiger partial charge is 0.125 e. The van der Waals surface area contributed by atoms with Crippen molar-refractivity contribution in [1.82, 2.24) is 4.90 Å². The van der Waals surface area contributed by atoms with E-state index < -0.39 is 0 Å². The predicted octanol–water partition coefficient (Wildman–Crippen LogP) is 2.25. The maximum Gasteiger partial charge on any atom is 0.125 e. The number of benzene rings is 1. The Kier molecular flexibility index (Phi) is 4.25. The third-order valence-electron chi connectivity index (χ3n) is 4.38. The van der Waals surface area contributed by atoms with E-state index in [1.807, 2.05) is 19.1 Å². The van der Waals surface area contributed by atoms with Crippen LogP contribution < -0.4 is 15.4 Å². The molecule has 0 spiro atoms. The van der Waals surface area contributed by atoms with E-state index in [1.165, 1.54) is 5.69 Å². The molecule has 0 radical (unpaired) electrons. The summed E-state index contributed by atoms with van der Waals surface area (Å²) in [5, 5.41) is 0. The lowest BCUT2D eigenvalue weighted by atomic mass is 9.97. The van der Waals surface area contributed by atoms with Crippen LogP contribution in [-0.4, -0.2) is 44.2 Å². The number of hydrogen-bond acceptors (Lipinski definition) is 4. The lowest BCUT2D eigenvalue weighted by molar-refractivity contribution is 0.138. The first kappa shape index (κ1) is 15.1. The molecule has 1 aromatic carbocycles. The Balaban J connectivity index is 2.38. The summed E-state index contributed by atoms with van der Waals surface area (Å²) in [6.45, 7) is 9.66. The second-order valence-corrected chi connectivity index (χ2v) is 6.34. The van der Waals surface area contributed by atoms with E-state index >= 15 is 0 Å². The van der Waals surface area contributed by atoms with Gasteiger partial charge >= 0.3 is 0 Å². The Morgan fingerprint density at radius 1 is 1.30 bits per heavy atom. The molecule has 0 unspecified atom stereocenters. The van der Waals surface area contributed by atoms with Crippen molar-refractivity contribution in [3.05, 3.63) is 23.8 Å². The molecular weight excluding hydrogens is 250 g/mol. The molecular formula is C16H27N3O. The molecule has 2 N–H and O–H groups in total. The molecule has 1 aliphatic heterocycles. The third-order valence-corrected chi connectivity index (χ3v) is 4.38. The van der Waals surface area contributed by atoms with Crippen molar-refractivity contribution < 1.29 is 4.74 Å². The summed E-state index contributed by atoms with van der Waals surface area (Å²) in [5.74, 6) is 0.884. The number of likely N-dealkylation sites (N-methyl/N-ethyl adjacent to an activating group) is 1. The van der Waals surface area contributed by atoms with Gasteiger partial charge in [-0.05, 0) is 40.0 Å². The van der Waals surface area contributed by atoms with Crippen molar-refractivity contribution in [1.29, 1.82) is 0 Å². The molecule has 1 aromatic rings. The Labute approximate surface area is 122 Å². The normalized spacial score (nSPS) is 20.8. The monoisotopic (exact) mass is 277 g/mol. The van der Waals surface area contributed by atoms with Crippen LogP contribution in [0.2, 0.25) is 0 Å². The molecule has 0 aliphatic carbocycles. The van der Waals surface area contributed by atoms with E-state index in [0.29, 0.717) is 0 Å². The molecule has 0 bridgehead atoms. The van der Waals surface area contributed by atoms with Crippen molar-refractivity contribution in [3.63, 3.8) is 0 Å². The molecule has 2 rings (SSSR count). The zero-order chi connectivity index (χ0) is 14.9. The number of nitrogens with zero attached hydrogens (tertiary/aromatic N) is 2. The van der Waals surface area contributed by atoms with E-state index in [-0.39, 0.29) is 11.6 Å². The van der Waals surface area contributed by atoms with E-state index in [2.05, 4.69) is 36.8 Å². The largest absolute Gasteiger partial charge is 0.496 e. The minimum atomic E-state index is -0.0380. The Hall–Kier alpha value is -1.26. The highest BCUT2D eigenvalue weighted by Crippen LogP contribution is 2.35. The summed E-state index contributed by atoms with van der Waals surface area (Å²) in [7, 11) is 3.90. The molecule has 4 nitrogen and oxygen atoms in total. The first-order valence-corrected chi connectivity index (χ1v) is 7.25. The molecule has 1 fully saturated rings. The molecule has 112 valence electrons. The molecule has 1 heterocycles. The van der Waals surface area contributed by atoms with Crippen molar-refractivity contribution in [3.8, 4) is 5.75 Å². The average molecular weight is 277 g/mol. The van der Waals surface area contributed by atoms with Gasteiger partial charge in [-0.15, -0.1) is 0 Å². The number of anilines is 1. The highest BCUT2D eigenvalue weighted by molar-refractivity contribution is 5.61. The fraction of sp³-hybridized carbons (Fsp3) is 0.625. The minimum absolute atomic E-state index is 0.0380. The van der Waals surface area contributed by atoms with Crippen LogP contribution in [-0.2, 0) is 0 Å². The summed E-state index contributed by atoms with van der Waals surface area (Å²) in [5.41, 5.74) is 8.65. The van der Waals surface area contributed by atoms with Gasteiger partial charge in [0.25, 0.3) is 0 Å². The zero-order valence-electron chi connectivity index (χ0n) is 13.3. The zero-order valence-corrected chi connectivity index (χ0v) is 13.3. The summed E-state index contributed by atoms with van der Waals surface area (Å²) < 4.78 is 5.49. The molecule has 1 aliphatic rings. The first-order chi connectivity index (χ1) is 9.36. The van der Waals surface area contributed by atoms with E-state index in [0.717, 1.165) is 30.9 Å². The maximum absolute atomic E-state index is 6.18. The van der Waals surface area contributed by atoms with Crippen LogP contribution in [0.5, 0.6) is 5.75 Å². The van der Waals surface area contributed by atoms with Gasteiger partial charge < -0.3 is 15.4 Å². The SMILES string of the molecule is COc1cccc(N2CCN(C)C(C)(C)C2)c1[C@@H](C)N. The van der Waals surface area contributed by atoms with Gasteiger partial charge in [-0.3, -0.25) is 4.90 Å². The Morgan fingerprint density at radius 3 is 2.55 bits per heavy atom. The number of piperazine rings is 1. The first-order valence-electron chi connectivity index (χ1n) is 7.25. The standard InChI is InChI=1S/C16H27N3O/c1-12(17)15-13(7-6-8-14(15)20-5)19-10-9-18(4)16(2,3)11-19/h6-8,12H,9-11,17H2,1-5H3/t12-/m1/s1. The Morgan fingerprint density at radius 2 is 2.00 bits per heavy atom. The van der Waals surface area contributed by atoms with E-state index in [1.54, 1.807) is 7.11 Å². The van der Waals surface area contributed by atoms with Crippen molar-refractivity contribution in [2.45, 2.75) is 32.4 Å². The lowest BCUT2D eigenvalue weighted by Gasteiger charge is -2.47. The Bertz CT molecular complexity index is 471. The predicted molar refractivity (Wildman–Crippen MR) is 84.5 cm³/mol. The van der Waals surface area contributed by atoms with Crippen LogP contribution in [0.25, 0.3) is 0 Å². The summed E-state index contributed by atoms with van der Waals surface area (Å²) in [6, 6.07) is 6.15. The second-order valence-electron chi connectivity index (χ2n) is 6.34.